The molecule has 0 bridgehead atoms. The van der Waals surface area contributed by atoms with Gasteiger partial charge in [0.05, 0.1) is 5.02 Å². The fraction of sp³-hybridized carbons (Fsp3) is 0.222. The lowest BCUT2D eigenvalue weighted by Crippen LogP contribution is -2.30. The monoisotopic (exact) mass is 433 g/mol. The number of phenols is 1. The van der Waals surface area contributed by atoms with Gasteiger partial charge in [-0.3, -0.25) is 0 Å². The zero-order valence-electron chi connectivity index (χ0n) is 15.0. The third kappa shape index (κ3) is 4.02. The largest absolute Gasteiger partial charge is 0.508 e. The van der Waals surface area contributed by atoms with Gasteiger partial charge in [0.2, 0.25) is 0 Å². The van der Waals surface area contributed by atoms with E-state index in [1.807, 2.05) is 0 Å². The highest BCUT2D eigenvalue weighted by molar-refractivity contribution is 6.33. The fourth-order valence-electron chi connectivity index (χ4n) is 2.70. The lowest BCUT2D eigenvalue weighted by Gasteiger charge is -2.26. The molecule has 1 N–H and O–H groups in total. The van der Waals surface area contributed by atoms with Gasteiger partial charge in [0.1, 0.15) is 11.6 Å². The normalized spacial score (nSPS) is 11.2. The predicted octanol–water partition coefficient (Wildman–Crippen LogP) is 4.99. The van der Waals surface area contributed by atoms with Gasteiger partial charge >= 0.3 is 0 Å². The zero-order valence-corrected chi connectivity index (χ0v) is 16.6. The van der Waals surface area contributed by atoms with Crippen molar-refractivity contribution in [2.24, 2.45) is 7.05 Å². The van der Waals surface area contributed by atoms with Crippen LogP contribution in [0.5, 0.6) is 11.5 Å². The highest BCUT2D eigenvalue weighted by Crippen LogP contribution is 2.34. The van der Waals surface area contributed by atoms with E-state index in [-0.39, 0.29) is 29.0 Å². The lowest BCUT2D eigenvalue weighted by atomic mass is 10.1. The first kappa shape index (κ1) is 21.8. The van der Waals surface area contributed by atoms with Crippen molar-refractivity contribution in [2.75, 3.05) is 0 Å². The minimum absolute atomic E-state index is 0. The molecule has 0 atom stereocenters. The summed E-state index contributed by atoms with van der Waals surface area (Å²) in [6.45, 7) is 3.09. The Kier molecular flexibility index (Phi) is 6.15. The molecule has 150 valence electrons. The Morgan fingerprint density at radius 3 is 2.25 bits per heavy atom. The maximum atomic E-state index is 13.9. The minimum atomic E-state index is -1.30. The number of phenolic OH excluding ortho intramolecular Hbond substituents is 1. The van der Waals surface area contributed by atoms with Crippen molar-refractivity contribution >= 4 is 24.0 Å². The summed E-state index contributed by atoms with van der Waals surface area (Å²) in [6.07, 6.45) is 0. The van der Waals surface area contributed by atoms with E-state index in [1.165, 1.54) is 12.1 Å². The molecule has 0 amide bonds. The number of halogens is 5. The number of nitrogens with zero attached hydrogens (tertiary/aromatic N) is 3. The summed E-state index contributed by atoms with van der Waals surface area (Å²) in [5.41, 5.74) is -0.797. The van der Waals surface area contributed by atoms with E-state index in [2.05, 4.69) is 10.2 Å². The molecule has 1 aromatic heterocycles. The van der Waals surface area contributed by atoms with Crippen LogP contribution in [0.25, 0.3) is 11.4 Å². The molecule has 0 spiro atoms. The van der Waals surface area contributed by atoms with Crippen LogP contribution in [-0.2, 0) is 12.6 Å². The molecule has 0 fully saturated rings. The maximum Gasteiger partial charge on any atom is 0.192 e. The second kappa shape index (κ2) is 7.89. The second-order valence-electron chi connectivity index (χ2n) is 6.38. The maximum absolute atomic E-state index is 13.9. The molecule has 0 saturated heterocycles. The smallest absolute Gasteiger partial charge is 0.192 e. The van der Waals surface area contributed by atoms with E-state index in [9.17, 15) is 18.3 Å². The standard InChI is InChI=1S/C18H15ClF3N3O2.ClH/c1-18(2,27-15-13(21)6-9(20)7-14(15)22)17-24-23-16(25(17)3)11-5-4-10(26)8-12(11)19;/h4-8,26H,1-3H3;1H. The van der Waals surface area contributed by atoms with Gasteiger partial charge in [-0.2, -0.15) is 0 Å². The molecule has 2 aromatic carbocycles. The van der Waals surface area contributed by atoms with E-state index in [4.69, 9.17) is 16.3 Å². The van der Waals surface area contributed by atoms with Crippen molar-refractivity contribution in [1.29, 1.82) is 0 Å². The summed E-state index contributed by atoms with van der Waals surface area (Å²) in [5.74, 6) is -3.46. The van der Waals surface area contributed by atoms with Crippen LogP contribution in [0.2, 0.25) is 5.02 Å². The van der Waals surface area contributed by atoms with Crippen molar-refractivity contribution in [3.05, 3.63) is 58.6 Å². The van der Waals surface area contributed by atoms with Crippen molar-refractivity contribution in [3.8, 4) is 22.9 Å². The zero-order chi connectivity index (χ0) is 19.9. The van der Waals surface area contributed by atoms with Crippen LogP contribution < -0.4 is 4.74 Å². The van der Waals surface area contributed by atoms with Crippen molar-refractivity contribution in [2.45, 2.75) is 19.4 Å². The molecule has 0 aliphatic carbocycles. The van der Waals surface area contributed by atoms with Crippen LogP contribution in [0.4, 0.5) is 13.2 Å². The van der Waals surface area contributed by atoms with Crippen LogP contribution in [0, 0.1) is 17.5 Å². The Balaban J connectivity index is 0.00000280. The van der Waals surface area contributed by atoms with Crippen LogP contribution in [0.1, 0.15) is 19.7 Å². The predicted molar refractivity (Wildman–Crippen MR) is 100 cm³/mol. The van der Waals surface area contributed by atoms with Gasteiger partial charge in [0.25, 0.3) is 0 Å². The third-order valence-corrected chi connectivity index (χ3v) is 4.24. The van der Waals surface area contributed by atoms with Gasteiger partial charge in [-0.25, -0.2) is 13.2 Å². The Bertz CT molecular complexity index is 1000. The van der Waals surface area contributed by atoms with E-state index in [0.717, 1.165) is 0 Å². The van der Waals surface area contributed by atoms with Gasteiger partial charge in [-0.15, -0.1) is 22.6 Å². The van der Waals surface area contributed by atoms with Gasteiger partial charge in [0.15, 0.2) is 34.6 Å². The molecule has 0 aliphatic rings. The molecule has 1 heterocycles. The third-order valence-electron chi connectivity index (χ3n) is 3.93. The molecule has 5 nitrogen and oxygen atoms in total. The molecule has 0 aliphatic heterocycles. The average Bonchev–Trinajstić information content (AvgIpc) is 2.93. The molecular weight excluding hydrogens is 418 g/mol. The molecule has 0 radical (unpaired) electrons. The number of ether oxygens (including phenoxy) is 1. The minimum Gasteiger partial charge on any atom is -0.508 e. The first-order chi connectivity index (χ1) is 12.6. The van der Waals surface area contributed by atoms with Crippen molar-refractivity contribution in [1.82, 2.24) is 14.8 Å². The van der Waals surface area contributed by atoms with Gasteiger partial charge in [-0.1, -0.05) is 11.6 Å². The van der Waals surface area contributed by atoms with E-state index in [1.54, 1.807) is 31.5 Å². The molecule has 3 rings (SSSR count). The summed E-state index contributed by atoms with van der Waals surface area (Å²) in [5, 5.41) is 17.8. The van der Waals surface area contributed by atoms with Gasteiger partial charge < -0.3 is 14.4 Å². The van der Waals surface area contributed by atoms with Crippen molar-refractivity contribution < 1.29 is 23.0 Å². The summed E-state index contributed by atoms with van der Waals surface area (Å²) in [4.78, 5) is 0. The van der Waals surface area contributed by atoms with Crippen LogP contribution in [0.3, 0.4) is 0 Å². The second-order valence-corrected chi connectivity index (χ2v) is 6.79. The summed E-state index contributed by atoms with van der Waals surface area (Å²) >= 11 is 6.14. The summed E-state index contributed by atoms with van der Waals surface area (Å²) in [7, 11) is 1.64. The van der Waals surface area contributed by atoms with E-state index >= 15 is 0 Å². The number of aromatic hydroxyl groups is 1. The first-order valence-electron chi connectivity index (χ1n) is 7.82. The molecule has 0 saturated carbocycles. The summed E-state index contributed by atoms with van der Waals surface area (Å²) in [6, 6.07) is 5.44. The highest BCUT2D eigenvalue weighted by Gasteiger charge is 2.32. The number of hydrogen-bond donors (Lipinski definition) is 1. The topological polar surface area (TPSA) is 60.2 Å². The quantitative estimate of drug-likeness (QED) is 0.629. The summed E-state index contributed by atoms with van der Waals surface area (Å²) < 4.78 is 48.0. The average molecular weight is 434 g/mol. The Hall–Kier alpha value is -2.45. The molecule has 3 aromatic rings. The number of aromatic nitrogens is 3. The van der Waals surface area contributed by atoms with Gasteiger partial charge in [-0.05, 0) is 32.0 Å². The molecular formula is C18H16Cl2F3N3O2. The highest BCUT2D eigenvalue weighted by atomic mass is 35.5. The lowest BCUT2D eigenvalue weighted by molar-refractivity contribution is 0.0833. The Morgan fingerprint density at radius 2 is 1.68 bits per heavy atom. The molecule has 0 unspecified atom stereocenters. The van der Waals surface area contributed by atoms with Crippen LogP contribution in [-0.4, -0.2) is 19.9 Å². The van der Waals surface area contributed by atoms with Crippen molar-refractivity contribution in [3.63, 3.8) is 0 Å². The number of rotatable bonds is 4. The van der Waals surface area contributed by atoms with Gasteiger partial charge in [0, 0.05) is 24.7 Å². The molecule has 28 heavy (non-hydrogen) atoms. The molecule has 10 heteroatoms. The Labute approximate surface area is 170 Å². The number of hydrogen-bond acceptors (Lipinski definition) is 4. The van der Waals surface area contributed by atoms with Crippen LogP contribution >= 0.6 is 24.0 Å². The van der Waals surface area contributed by atoms with E-state index in [0.29, 0.717) is 23.5 Å². The first-order valence-corrected chi connectivity index (χ1v) is 8.20. The van der Waals surface area contributed by atoms with Crippen LogP contribution in [0.15, 0.2) is 30.3 Å². The number of benzene rings is 2. The fourth-order valence-corrected chi connectivity index (χ4v) is 2.96. The Morgan fingerprint density at radius 1 is 1.07 bits per heavy atom. The SMILES string of the molecule is Cl.Cn1c(-c2ccc(O)cc2Cl)nnc1C(C)(C)Oc1c(F)cc(F)cc1F. The van der Waals surface area contributed by atoms with E-state index < -0.39 is 28.8 Å².